The Morgan fingerprint density at radius 3 is 2.30 bits per heavy atom. The van der Waals surface area contributed by atoms with Crippen molar-refractivity contribution >= 4 is 21.6 Å². The predicted molar refractivity (Wildman–Crippen MR) is 120 cm³/mol. The zero-order valence-electron chi connectivity index (χ0n) is 17.3. The lowest BCUT2D eigenvalue weighted by Gasteiger charge is -2.18. The van der Waals surface area contributed by atoms with Crippen LogP contribution < -0.4 is 10.0 Å². The summed E-state index contributed by atoms with van der Waals surface area (Å²) in [6.45, 7) is 5.84. The van der Waals surface area contributed by atoms with Crippen LogP contribution in [-0.4, -0.2) is 14.3 Å². The van der Waals surface area contributed by atoms with Crippen LogP contribution in [0.15, 0.2) is 77.7 Å². The van der Waals surface area contributed by atoms with E-state index in [1.54, 1.807) is 24.3 Å². The average molecular weight is 423 g/mol. The quantitative estimate of drug-likeness (QED) is 0.563. The molecule has 0 bridgehead atoms. The zero-order valence-corrected chi connectivity index (χ0v) is 18.2. The van der Waals surface area contributed by atoms with Gasteiger partial charge in [0.05, 0.1) is 16.6 Å². The number of amides is 1. The average Bonchev–Trinajstić information content (AvgIpc) is 2.74. The van der Waals surface area contributed by atoms with Gasteiger partial charge in [-0.1, -0.05) is 61.0 Å². The first-order chi connectivity index (χ1) is 14.3. The molecule has 0 radical (unpaired) electrons. The van der Waals surface area contributed by atoms with Crippen molar-refractivity contribution in [2.75, 3.05) is 4.72 Å². The zero-order chi connectivity index (χ0) is 21.7. The number of aryl methyl sites for hydroxylation is 2. The van der Waals surface area contributed by atoms with Crippen molar-refractivity contribution in [2.24, 2.45) is 0 Å². The van der Waals surface area contributed by atoms with E-state index in [9.17, 15) is 13.2 Å². The second kappa shape index (κ2) is 9.13. The summed E-state index contributed by atoms with van der Waals surface area (Å²) in [7, 11) is -3.81. The molecule has 3 aromatic carbocycles. The number of para-hydroxylation sites is 1. The Labute approximate surface area is 178 Å². The summed E-state index contributed by atoms with van der Waals surface area (Å²) in [5.41, 5.74) is 3.80. The van der Waals surface area contributed by atoms with E-state index in [0.29, 0.717) is 11.3 Å². The van der Waals surface area contributed by atoms with Gasteiger partial charge in [-0.3, -0.25) is 9.52 Å². The number of anilines is 1. The van der Waals surface area contributed by atoms with E-state index in [4.69, 9.17) is 0 Å². The Hall–Kier alpha value is -3.12. The number of carbonyl (C=O) groups is 1. The van der Waals surface area contributed by atoms with Crippen molar-refractivity contribution in [1.29, 1.82) is 0 Å². The van der Waals surface area contributed by atoms with Gasteiger partial charge in [-0.05, 0) is 55.7 Å². The summed E-state index contributed by atoms with van der Waals surface area (Å²) in [5.74, 6) is -0.310. The molecule has 30 heavy (non-hydrogen) atoms. The molecular weight excluding hydrogens is 396 g/mol. The number of rotatable bonds is 7. The molecule has 3 aromatic rings. The number of hydrogen-bond acceptors (Lipinski definition) is 3. The number of sulfonamides is 1. The molecule has 0 aliphatic carbocycles. The summed E-state index contributed by atoms with van der Waals surface area (Å²) >= 11 is 0. The van der Waals surface area contributed by atoms with Crippen LogP contribution in [0.3, 0.4) is 0 Å². The fourth-order valence-corrected chi connectivity index (χ4v) is 4.33. The molecule has 0 aromatic heterocycles. The van der Waals surface area contributed by atoms with Crippen LogP contribution in [0.4, 0.5) is 5.69 Å². The lowest BCUT2D eigenvalue weighted by molar-refractivity contribution is 0.0935. The molecule has 0 aliphatic rings. The number of nitrogens with one attached hydrogen (secondary N) is 2. The molecule has 156 valence electrons. The van der Waals surface area contributed by atoms with E-state index in [2.05, 4.69) is 10.0 Å². The van der Waals surface area contributed by atoms with Gasteiger partial charge in [-0.25, -0.2) is 8.42 Å². The first-order valence-corrected chi connectivity index (χ1v) is 11.3. The minimum Gasteiger partial charge on any atom is -0.345 e. The van der Waals surface area contributed by atoms with Gasteiger partial charge >= 0.3 is 0 Å². The molecular formula is C24H26N2O3S. The van der Waals surface area contributed by atoms with Crippen LogP contribution in [0.25, 0.3) is 0 Å². The molecule has 0 unspecified atom stereocenters. The van der Waals surface area contributed by atoms with Crippen LogP contribution in [-0.2, 0) is 10.0 Å². The molecule has 2 N–H and O–H groups in total. The molecule has 6 heteroatoms. The third-order valence-corrected chi connectivity index (χ3v) is 6.35. The molecule has 3 rings (SSSR count). The van der Waals surface area contributed by atoms with Gasteiger partial charge in [-0.2, -0.15) is 0 Å². The van der Waals surface area contributed by atoms with E-state index < -0.39 is 10.0 Å². The summed E-state index contributed by atoms with van der Waals surface area (Å²) in [4.78, 5) is 12.9. The molecule has 0 aliphatic heterocycles. The topological polar surface area (TPSA) is 75.3 Å². The number of benzene rings is 3. The molecule has 1 atom stereocenters. The Kier molecular flexibility index (Phi) is 6.57. The second-order valence-electron chi connectivity index (χ2n) is 7.29. The Bertz CT molecular complexity index is 1140. The lowest BCUT2D eigenvalue weighted by Crippen LogP contribution is -2.28. The van der Waals surface area contributed by atoms with E-state index in [-0.39, 0.29) is 16.8 Å². The standard InChI is InChI=1S/C24H26N2O3S/c1-4-22(19-14-12-17(2)13-15-19)25-24(27)20-9-7-10-21(16-20)30(28,29)26-23-11-6-5-8-18(23)3/h5-16,22,26H,4H2,1-3H3,(H,25,27)/t22-/m0/s1. The van der Waals surface area contributed by atoms with Crippen molar-refractivity contribution in [2.45, 2.75) is 38.1 Å². The molecule has 1 amide bonds. The van der Waals surface area contributed by atoms with Gasteiger partial charge in [0.1, 0.15) is 0 Å². The van der Waals surface area contributed by atoms with Gasteiger partial charge in [0.15, 0.2) is 0 Å². The minimum absolute atomic E-state index is 0.0433. The van der Waals surface area contributed by atoms with Crippen LogP contribution in [0.2, 0.25) is 0 Å². The summed E-state index contributed by atoms with van der Waals surface area (Å²) in [5, 5.41) is 3.00. The van der Waals surface area contributed by atoms with Gasteiger partial charge in [0, 0.05) is 5.56 Å². The predicted octanol–water partition coefficient (Wildman–Crippen LogP) is 4.99. The van der Waals surface area contributed by atoms with Gasteiger partial charge in [0.2, 0.25) is 0 Å². The maximum atomic E-state index is 12.8. The molecule has 5 nitrogen and oxygen atoms in total. The highest BCUT2D eigenvalue weighted by molar-refractivity contribution is 7.92. The van der Waals surface area contributed by atoms with Crippen molar-refractivity contribution in [3.8, 4) is 0 Å². The van der Waals surface area contributed by atoms with Gasteiger partial charge in [0.25, 0.3) is 15.9 Å². The van der Waals surface area contributed by atoms with E-state index in [1.807, 2.05) is 57.2 Å². The fourth-order valence-electron chi connectivity index (χ4n) is 3.16. The van der Waals surface area contributed by atoms with Gasteiger partial charge in [-0.15, -0.1) is 0 Å². The monoisotopic (exact) mass is 422 g/mol. The highest BCUT2D eigenvalue weighted by atomic mass is 32.2. The summed E-state index contributed by atoms with van der Waals surface area (Å²) < 4.78 is 28.2. The molecule has 0 fully saturated rings. The molecule has 0 spiro atoms. The summed E-state index contributed by atoms with van der Waals surface area (Å²) in [6.07, 6.45) is 0.724. The maximum absolute atomic E-state index is 12.8. The molecule has 0 saturated heterocycles. The highest BCUT2D eigenvalue weighted by Crippen LogP contribution is 2.21. The Morgan fingerprint density at radius 2 is 1.63 bits per heavy atom. The van der Waals surface area contributed by atoms with E-state index in [1.165, 1.54) is 12.1 Å². The smallest absolute Gasteiger partial charge is 0.261 e. The second-order valence-corrected chi connectivity index (χ2v) is 8.98. The molecule has 0 heterocycles. The van der Waals surface area contributed by atoms with Crippen LogP contribution in [0, 0.1) is 13.8 Å². The highest BCUT2D eigenvalue weighted by Gasteiger charge is 2.19. The Morgan fingerprint density at radius 1 is 0.933 bits per heavy atom. The van der Waals surface area contributed by atoms with Crippen LogP contribution in [0.1, 0.15) is 46.4 Å². The number of carbonyl (C=O) groups excluding carboxylic acids is 1. The normalized spacial score (nSPS) is 12.2. The SMILES string of the molecule is CC[C@H](NC(=O)c1cccc(S(=O)(=O)Nc2ccccc2C)c1)c1ccc(C)cc1. The van der Waals surface area contributed by atoms with Crippen molar-refractivity contribution in [1.82, 2.24) is 5.32 Å². The van der Waals surface area contributed by atoms with Crippen molar-refractivity contribution < 1.29 is 13.2 Å². The fraction of sp³-hybridized carbons (Fsp3) is 0.208. The van der Waals surface area contributed by atoms with Gasteiger partial charge < -0.3 is 5.32 Å². The Balaban J connectivity index is 1.81. The summed E-state index contributed by atoms with van der Waals surface area (Å²) in [6, 6.07) is 21.1. The van der Waals surface area contributed by atoms with Crippen molar-refractivity contribution in [3.63, 3.8) is 0 Å². The van der Waals surface area contributed by atoms with Crippen LogP contribution in [0.5, 0.6) is 0 Å². The minimum atomic E-state index is -3.81. The van der Waals surface area contributed by atoms with E-state index >= 15 is 0 Å². The maximum Gasteiger partial charge on any atom is 0.261 e. The van der Waals surface area contributed by atoms with Crippen molar-refractivity contribution in [3.05, 3.63) is 95.1 Å². The largest absolute Gasteiger partial charge is 0.345 e. The number of hydrogen-bond donors (Lipinski definition) is 2. The third kappa shape index (κ3) is 5.07. The lowest BCUT2D eigenvalue weighted by atomic mass is 10.0. The van der Waals surface area contributed by atoms with Crippen LogP contribution >= 0.6 is 0 Å². The first kappa shape index (κ1) is 21.6. The first-order valence-electron chi connectivity index (χ1n) is 9.86. The molecule has 0 saturated carbocycles. The third-order valence-electron chi connectivity index (χ3n) is 4.99. The van der Waals surface area contributed by atoms with E-state index in [0.717, 1.165) is 23.1 Å².